The van der Waals surface area contributed by atoms with Crippen molar-refractivity contribution in [2.45, 2.75) is 0 Å². The van der Waals surface area contributed by atoms with E-state index in [0.29, 0.717) is 10.0 Å². The number of rotatable bonds is 1. The molecule has 1 aromatic heterocycles. The quantitative estimate of drug-likeness (QED) is 0.820. The van der Waals surface area contributed by atoms with Crippen LogP contribution in [-0.4, -0.2) is 4.98 Å². The van der Waals surface area contributed by atoms with E-state index in [1.165, 1.54) is 0 Å². The fraction of sp³-hybridized carbons (Fsp3) is 0. The van der Waals surface area contributed by atoms with E-state index in [-0.39, 0.29) is 28.1 Å². The fourth-order valence-electron chi connectivity index (χ4n) is 1.96. The zero-order chi connectivity index (χ0) is 15.6. The monoisotopic (exact) mass is 339 g/mol. The van der Waals surface area contributed by atoms with Crippen LogP contribution in [0.5, 0.6) is 0 Å². The summed E-state index contributed by atoms with van der Waals surface area (Å²) >= 11 is 3.23. The predicted octanol–water partition coefficient (Wildman–Crippen LogP) is 2.00. The summed E-state index contributed by atoms with van der Waals surface area (Å²) in [5.41, 5.74) is 5.23. The lowest BCUT2D eigenvalue weighted by Gasteiger charge is -2.10. The van der Waals surface area contributed by atoms with Crippen LogP contribution in [0.2, 0.25) is 0 Å². The molecule has 1 heterocycles. The number of nitrogens with one attached hydrogen (secondary N) is 1. The number of nitriles is 3. The van der Waals surface area contributed by atoms with Crippen molar-refractivity contribution in [3.05, 3.63) is 49.7 Å². The summed E-state index contributed by atoms with van der Waals surface area (Å²) in [4.78, 5) is 14.1. The fourth-order valence-corrected chi connectivity index (χ4v) is 2.41. The van der Waals surface area contributed by atoms with Crippen LogP contribution in [-0.2, 0) is 0 Å². The number of nitrogens with two attached hydrogens (primary N) is 1. The van der Waals surface area contributed by atoms with Crippen molar-refractivity contribution in [3.63, 3.8) is 0 Å². The van der Waals surface area contributed by atoms with Gasteiger partial charge in [0.1, 0.15) is 35.2 Å². The van der Waals surface area contributed by atoms with Gasteiger partial charge < -0.3 is 10.7 Å². The minimum Gasteiger partial charge on any atom is -0.384 e. The lowest BCUT2D eigenvalue weighted by atomic mass is 9.93. The van der Waals surface area contributed by atoms with Crippen LogP contribution in [0.3, 0.4) is 0 Å². The molecule has 0 fully saturated rings. The van der Waals surface area contributed by atoms with Crippen molar-refractivity contribution in [3.8, 4) is 29.3 Å². The molecule has 0 atom stereocenters. The van der Waals surface area contributed by atoms with Gasteiger partial charge in [-0.3, -0.25) is 4.79 Å². The number of H-pyrrole nitrogens is 1. The Morgan fingerprint density at radius 2 is 1.67 bits per heavy atom. The third kappa shape index (κ3) is 2.25. The molecule has 0 aliphatic rings. The number of hydrogen-bond donors (Lipinski definition) is 2. The van der Waals surface area contributed by atoms with Gasteiger partial charge in [-0.1, -0.05) is 12.1 Å². The second-order valence-electron chi connectivity index (χ2n) is 3.99. The van der Waals surface area contributed by atoms with Gasteiger partial charge in [0.05, 0.1) is 5.56 Å². The number of nitrogens with zero attached hydrogens (tertiary/aromatic N) is 3. The van der Waals surface area contributed by atoms with Gasteiger partial charge in [-0.25, -0.2) is 0 Å². The first-order chi connectivity index (χ1) is 10.0. The number of benzene rings is 1. The zero-order valence-electron chi connectivity index (χ0n) is 10.4. The van der Waals surface area contributed by atoms with Gasteiger partial charge in [-0.05, 0) is 22.0 Å². The number of aromatic nitrogens is 1. The molecule has 2 aromatic rings. The molecule has 0 aliphatic heterocycles. The van der Waals surface area contributed by atoms with E-state index >= 15 is 0 Å². The van der Waals surface area contributed by atoms with Crippen LogP contribution in [0.1, 0.15) is 16.7 Å². The first-order valence-electron chi connectivity index (χ1n) is 5.60. The average Bonchev–Trinajstić information content (AvgIpc) is 2.46. The standard InChI is InChI=1S/C14H6BrN5O/c15-11-3-1-2-7(8(11)4-16)12-9(5-17)13(19)20-14(21)10(12)6-18/h1-3H,(H3,19,20,21). The summed E-state index contributed by atoms with van der Waals surface area (Å²) in [7, 11) is 0. The summed E-state index contributed by atoms with van der Waals surface area (Å²) in [5.74, 6) is -0.139. The Labute approximate surface area is 127 Å². The maximum absolute atomic E-state index is 11.9. The number of nitrogen functional groups attached to an aromatic ring is 1. The third-order valence-electron chi connectivity index (χ3n) is 2.86. The number of anilines is 1. The van der Waals surface area contributed by atoms with Crippen molar-refractivity contribution in [2.75, 3.05) is 5.73 Å². The van der Waals surface area contributed by atoms with E-state index in [0.717, 1.165) is 0 Å². The average molecular weight is 340 g/mol. The van der Waals surface area contributed by atoms with Gasteiger partial charge >= 0.3 is 0 Å². The Kier molecular flexibility index (Phi) is 3.75. The van der Waals surface area contributed by atoms with Crippen LogP contribution in [0.25, 0.3) is 11.1 Å². The molecule has 0 unspecified atom stereocenters. The van der Waals surface area contributed by atoms with Crippen molar-refractivity contribution in [1.82, 2.24) is 4.98 Å². The molecular formula is C14H6BrN5O. The van der Waals surface area contributed by atoms with Gasteiger partial charge in [-0.2, -0.15) is 15.8 Å². The Morgan fingerprint density at radius 1 is 1.05 bits per heavy atom. The van der Waals surface area contributed by atoms with Crippen LogP contribution in [0, 0.1) is 34.0 Å². The molecule has 7 heteroatoms. The molecule has 1 aromatic carbocycles. The molecule has 0 bridgehead atoms. The number of hydrogen-bond acceptors (Lipinski definition) is 5. The second-order valence-corrected chi connectivity index (χ2v) is 4.84. The van der Waals surface area contributed by atoms with Crippen LogP contribution in [0.4, 0.5) is 5.82 Å². The van der Waals surface area contributed by atoms with Gasteiger partial charge in [0.2, 0.25) is 0 Å². The molecule has 2 rings (SSSR count). The Morgan fingerprint density at radius 3 is 2.24 bits per heavy atom. The topological polar surface area (TPSA) is 130 Å². The first kappa shape index (κ1) is 14.3. The molecule has 0 radical (unpaired) electrons. The predicted molar refractivity (Wildman–Crippen MR) is 78.8 cm³/mol. The molecule has 6 nitrogen and oxygen atoms in total. The number of aromatic amines is 1. The highest BCUT2D eigenvalue weighted by Gasteiger charge is 2.21. The number of pyridine rings is 1. The summed E-state index contributed by atoms with van der Waals surface area (Å²) < 4.78 is 0.495. The molecule has 0 aliphatic carbocycles. The Hall–Kier alpha value is -3.08. The highest BCUT2D eigenvalue weighted by molar-refractivity contribution is 9.10. The molecule has 0 amide bonds. The molecular weight excluding hydrogens is 334 g/mol. The molecule has 0 saturated heterocycles. The van der Waals surface area contributed by atoms with Crippen LogP contribution in [0.15, 0.2) is 27.5 Å². The maximum atomic E-state index is 11.9. The van der Waals surface area contributed by atoms with Gasteiger partial charge in [0, 0.05) is 15.6 Å². The first-order valence-corrected chi connectivity index (χ1v) is 6.39. The van der Waals surface area contributed by atoms with Crippen LogP contribution < -0.4 is 11.3 Å². The van der Waals surface area contributed by atoms with E-state index in [1.54, 1.807) is 24.3 Å². The summed E-state index contributed by atoms with van der Waals surface area (Å²) in [5, 5.41) is 27.7. The molecule has 0 saturated carbocycles. The SMILES string of the molecule is N#Cc1c(Br)cccc1-c1c(C#N)c(N)[nH]c(=O)c1C#N. The van der Waals surface area contributed by atoms with Crippen molar-refractivity contribution >= 4 is 21.7 Å². The van der Waals surface area contributed by atoms with Crippen molar-refractivity contribution < 1.29 is 0 Å². The summed E-state index contributed by atoms with van der Waals surface area (Å²) in [6, 6.07) is 10.5. The van der Waals surface area contributed by atoms with Gasteiger partial charge in [0.25, 0.3) is 5.56 Å². The Balaban J connectivity index is 3.06. The minimum absolute atomic E-state index is 0.0410. The van der Waals surface area contributed by atoms with Crippen molar-refractivity contribution in [1.29, 1.82) is 15.8 Å². The van der Waals surface area contributed by atoms with Gasteiger partial charge in [-0.15, -0.1) is 0 Å². The van der Waals surface area contributed by atoms with E-state index in [9.17, 15) is 20.6 Å². The smallest absolute Gasteiger partial charge is 0.268 e. The maximum Gasteiger partial charge on any atom is 0.268 e. The largest absolute Gasteiger partial charge is 0.384 e. The molecule has 100 valence electrons. The highest BCUT2D eigenvalue weighted by Crippen LogP contribution is 2.33. The minimum atomic E-state index is -0.701. The second kappa shape index (κ2) is 5.50. The van der Waals surface area contributed by atoms with E-state index in [2.05, 4.69) is 20.9 Å². The van der Waals surface area contributed by atoms with Crippen LogP contribution >= 0.6 is 15.9 Å². The third-order valence-corrected chi connectivity index (χ3v) is 3.52. The molecule has 0 spiro atoms. The van der Waals surface area contributed by atoms with E-state index in [1.807, 2.05) is 12.1 Å². The van der Waals surface area contributed by atoms with Crippen molar-refractivity contribution in [2.24, 2.45) is 0 Å². The summed E-state index contributed by atoms with van der Waals surface area (Å²) in [6.07, 6.45) is 0. The molecule has 21 heavy (non-hydrogen) atoms. The number of halogens is 1. The highest BCUT2D eigenvalue weighted by atomic mass is 79.9. The van der Waals surface area contributed by atoms with E-state index < -0.39 is 5.56 Å². The molecule has 3 N–H and O–H groups in total. The van der Waals surface area contributed by atoms with Gasteiger partial charge in [0.15, 0.2) is 0 Å². The zero-order valence-corrected chi connectivity index (χ0v) is 12.0. The lowest BCUT2D eigenvalue weighted by molar-refractivity contribution is 1.21. The Bertz CT molecular complexity index is 925. The summed E-state index contributed by atoms with van der Waals surface area (Å²) in [6.45, 7) is 0. The van der Waals surface area contributed by atoms with E-state index in [4.69, 9.17) is 5.73 Å². The lowest BCUT2D eigenvalue weighted by Crippen LogP contribution is -2.16. The normalized spacial score (nSPS) is 9.43.